The quantitative estimate of drug-likeness (QED) is 0.687. The highest BCUT2D eigenvalue weighted by Gasteiger charge is 2.24. The Morgan fingerprint density at radius 2 is 2.20 bits per heavy atom. The Balaban J connectivity index is 2.36. The van der Waals surface area contributed by atoms with Crippen LogP contribution < -0.4 is 0 Å². The Kier molecular flexibility index (Phi) is 5.40. The molecule has 3 nitrogen and oxygen atoms in total. The van der Waals surface area contributed by atoms with Crippen molar-refractivity contribution in [3.8, 4) is 0 Å². The fraction of sp³-hybridized carbons (Fsp3) is 0.909. The van der Waals surface area contributed by atoms with E-state index in [2.05, 4.69) is 18.7 Å². The van der Waals surface area contributed by atoms with E-state index in [1.165, 1.54) is 0 Å². The van der Waals surface area contributed by atoms with Crippen LogP contribution in [0.4, 0.5) is 0 Å². The first kappa shape index (κ1) is 12.8. The third-order valence-corrected chi connectivity index (χ3v) is 3.32. The van der Waals surface area contributed by atoms with Crippen LogP contribution in [0.15, 0.2) is 0 Å². The molecule has 0 aromatic rings. The molecule has 0 radical (unpaired) electrons. The van der Waals surface area contributed by atoms with Crippen LogP contribution in [0.2, 0.25) is 0 Å². The Morgan fingerprint density at radius 1 is 1.47 bits per heavy atom. The van der Waals surface area contributed by atoms with Gasteiger partial charge in [0, 0.05) is 38.0 Å². The zero-order valence-electron chi connectivity index (χ0n) is 9.71. The smallest absolute Gasteiger partial charge is 0.222 e. The standard InChI is InChI=1S/C11H21ClN2O/c1-3-13-7-8-14(9-10(13)2)11(15)5-4-6-12/h10H,3-9H2,1-2H3. The normalized spacial score (nSPS) is 23.1. The number of hydrogen-bond donors (Lipinski definition) is 0. The highest BCUT2D eigenvalue weighted by Crippen LogP contribution is 2.10. The lowest BCUT2D eigenvalue weighted by atomic mass is 10.1. The monoisotopic (exact) mass is 232 g/mol. The number of likely N-dealkylation sites (N-methyl/N-ethyl adjacent to an activating group) is 1. The number of halogens is 1. The fourth-order valence-electron chi connectivity index (χ4n) is 2.07. The summed E-state index contributed by atoms with van der Waals surface area (Å²) in [5.41, 5.74) is 0. The zero-order valence-corrected chi connectivity index (χ0v) is 10.5. The van der Waals surface area contributed by atoms with Gasteiger partial charge in [-0.2, -0.15) is 0 Å². The van der Waals surface area contributed by atoms with Crippen molar-refractivity contribution in [3.05, 3.63) is 0 Å². The molecule has 1 saturated heterocycles. The van der Waals surface area contributed by atoms with Crippen molar-refractivity contribution in [1.29, 1.82) is 0 Å². The highest BCUT2D eigenvalue weighted by atomic mass is 35.5. The van der Waals surface area contributed by atoms with Gasteiger partial charge < -0.3 is 4.90 Å². The number of carbonyl (C=O) groups excluding carboxylic acids is 1. The average molecular weight is 233 g/mol. The van der Waals surface area contributed by atoms with Gasteiger partial charge in [0.1, 0.15) is 0 Å². The van der Waals surface area contributed by atoms with Crippen molar-refractivity contribution in [1.82, 2.24) is 9.80 Å². The molecule has 0 N–H and O–H groups in total. The van der Waals surface area contributed by atoms with Crippen LogP contribution in [-0.2, 0) is 4.79 Å². The first-order chi connectivity index (χ1) is 7.19. The van der Waals surface area contributed by atoms with Crippen molar-refractivity contribution < 1.29 is 4.79 Å². The van der Waals surface area contributed by atoms with E-state index in [4.69, 9.17) is 11.6 Å². The largest absolute Gasteiger partial charge is 0.340 e. The minimum absolute atomic E-state index is 0.262. The molecule has 0 aromatic heterocycles. The number of rotatable bonds is 4. The molecule has 15 heavy (non-hydrogen) atoms. The van der Waals surface area contributed by atoms with Crippen LogP contribution in [0.1, 0.15) is 26.7 Å². The maximum atomic E-state index is 11.7. The summed E-state index contributed by atoms with van der Waals surface area (Å²) in [5.74, 6) is 0.842. The Bertz CT molecular complexity index is 211. The number of carbonyl (C=O) groups is 1. The van der Waals surface area contributed by atoms with Gasteiger partial charge in [-0.3, -0.25) is 9.69 Å². The van der Waals surface area contributed by atoms with Crippen molar-refractivity contribution in [2.24, 2.45) is 0 Å². The SMILES string of the molecule is CCN1CCN(C(=O)CCCCl)CC1C. The van der Waals surface area contributed by atoms with E-state index >= 15 is 0 Å². The predicted octanol–water partition coefficient (Wildman–Crippen LogP) is 1.56. The molecule has 1 fully saturated rings. The molecular weight excluding hydrogens is 212 g/mol. The predicted molar refractivity (Wildman–Crippen MR) is 63.2 cm³/mol. The number of hydrogen-bond acceptors (Lipinski definition) is 2. The molecule has 1 heterocycles. The molecule has 1 unspecified atom stereocenters. The number of amides is 1. The van der Waals surface area contributed by atoms with Crippen LogP contribution in [0.3, 0.4) is 0 Å². The summed E-state index contributed by atoms with van der Waals surface area (Å²) in [7, 11) is 0. The van der Waals surface area contributed by atoms with E-state index in [0.29, 0.717) is 18.3 Å². The number of piperazine rings is 1. The van der Waals surface area contributed by atoms with E-state index in [1.54, 1.807) is 0 Å². The maximum absolute atomic E-state index is 11.7. The van der Waals surface area contributed by atoms with E-state index in [9.17, 15) is 4.79 Å². The van der Waals surface area contributed by atoms with Crippen LogP contribution in [0, 0.1) is 0 Å². The molecule has 0 bridgehead atoms. The van der Waals surface area contributed by atoms with Crippen LogP contribution in [-0.4, -0.2) is 53.8 Å². The molecule has 1 aliphatic rings. The molecule has 1 amide bonds. The van der Waals surface area contributed by atoms with Gasteiger partial charge in [-0.25, -0.2) is 0 Å². The molecule has 1 rings (SSSR count). The van der Waals surface area contributed by atoms with Crippen molar-refractivity contribution >= 4 is 17.5 Å². The Morgan fingerprint density at radius 3 is 2.73 bits per heavy atom. The molecule has 0 aliphatic carbocycles. The van der Waals surface area contributed by atoms with Crippen LogP contribution in [0.5, 0.6) is 0 Å². The second-order valence-corrected chi connectivity index (χ2v) is 4.49. The lowest BCUT2D eigenvalue weighted by molar-refractivity contribution is -0.134. The summed E-state index contributed by atoms with van der Waals surface area (Å²) in [6, 6.07) is 0.490. The van der Waals surface area contributed by atoms with Gasteiger partial charge in [0.25, 0.3) is 0 Å². The molecule has 0 saturated carbocycles. The number of nitrogens with zero attached hydrogens (tertiary/aromatic N) is 2. The third-order valence-electron chi connectivity index (χ3n) is 3.05. The van der Waals surface area contributed by atoms with Gasteiger partial charge in [-0.15, -0.1) is 11.6 Å². The Hall–Kier alpha value is -0.280. The summed E-state index contributed by atoms with van der Waals surface area (Å²) >= 11 is 5.58. The van der Waals surface area contributed by atoms with Crippen molar-refractivity contribution in [2.75, 3.05) is 32.1 Å². The second-order valence-electron chi connectivity index (χ2n) is 4.11. The lowest BCUT2D eigenvalue weighted by Gasteiger charge is -2.39. The van der Waals surface area contributed by atoms with Gasteiger partial charge in [0.2, 0.25) is 5.91 Å². The molecule has 0 spiro atoms. The first-order valence-electron chi connectivity index (χ1n) is 5.76. The average Bonchev–Trinajstić information content (AvgIpc) is 2.25. The molecular formula is C11H21ClN2O. The third kappa shape index (κ3) is 3.65. The van der Waals surface area contributed by atoms with Gasteiger partial charge >= 0.3 is 0 Å². The van der Waals surface area contributed by atoms with E-state index in [-0.39, 0.29) is 5.91 Å². The van der Waals surface area contributed by atoms with Gasteiger partial charge in [-0.1, -0.05) is 6.92 Å². The zero-order chi connectivity index (χ0) is 11.3. The summed E-state index contributed by atoms with van der Waals surface area (Å²) < 4.78 is 0. The van der Waals surface area contributed by atoms with E-state index < -0.39 is 0 Å². The highest BCUT2D eigenvalue weighted by molar-refractivity contribution is 6.17. The second kappa shape index (κ2) is 6.33. The van der Waals surface area contributed by atoms with Gasteiger partial charge in [-0.05, 0) is 19.9 Å². The topological polar surface area (TPSA) is 23.6 Å². The van der Waals surface area contributed by atoms with Crippen LogP contribution in [0.25, 0.3) is 0 Å². The molecule has 0 aromatic carbocycles. The van der Waals surface area contributed by atoms with E-state index in [1.807, 2.05) is 4.90 Å². The van der Waals surface area contributed by atoms with Crippen molar-refractivity contribution in [3.63, 3.8) is 0 Å². The van der Waals surface area contributed by atoms with E-state index in [0.717, 1.165) is 32.6 Å². The summed E-state index contributed by atoms with van der Waals surface area (Å²) in [4.78, 5) is 16.1. The minimum Gasteiger partial charge on any atom is -0.340 e. The molecule has 88 valence electrons. The molecule has 4 heteroatoms. The maximum Gasteiger partial charge on any atom is 0.222 e. The van der Waals surface area contributed by atoms with Crippen LogP contribution >= 0.6 is 11.6 Å². The summed E-state index contributed by atoms with van der Waals surface area (Å²) in [6.07, 6.45) is 1.39. The first-order valence-corrected chi connectivity index (χ1v) is 6.30. The van der Waals surface area contributed by atoms with Gasteiger partial charge in [0.05, 0.1) is 0 Å². The summed E-state index contributed by atoms with van der Waals surface area (Å²) in [5, 5.41) is 0. The fourth-order valence-corrected chi connectivity index (χ4v) is 2.20. The summed E-state index contributed by atoms with van der Waals surface area (Å²) in [6.45, 7) is 8.18. The Labute approximate surface area is 97.4 Å². The van der Waals surface area contributed by atoms with Gasteiger partial charge in [0.15, 0.2) is 0 Å². The molecule has 1 atom stereocenters. The number of alkyl halides is 1. The lowest BCUT2D eigenvalue weighted by Crippen LogP contribution is -2.53. The molecule has 1 aliphatic heterocycles. The van der Waals surface area contributed by atoms with Crippen molar-refractivity contribution in [2.45, 2.75) is 32.7 Å². The minimum atomic E-state index is 0.262.